The van der Waals surface area contributed by atoms with Gasteiger partial charge in [-0.25, -0.2) is 0 Å². The molecule has 1 aromatic rings. The van der Waals surface area contributed by atoms with Gasteiger partial charge in [0.05, 0.1) is 6.61 Å². The maximum absolute atomic E-state index is 5.45. The van der Waals surface area contributed by atoms with Crippen molar-refractivity contribution < 1.29 is 4.74 Å². The lowest BCUT2D eigenvalue weighted by Gasteiger charge is -2.25. The van der Waals surface area contributed by atoms with Gasteiger partial charge in [-0.1, -0.05) is 30.3 Å². The molecule has 1 saturated heterocycles. The largest absolute Gasteiger partial charge is 0.381 e. The fraction of sp³-hybridized carbons (Fsp3) is 0.611. The first kappa shape index (κ1) is 21.2. The quantitative estimate of drug-likeness (QED) is 0.397. The predicted molar refractivity (Wildman–Crippen MR) is 111 cm³/mol. The molecule has 0 bridgehead atoms. The second kappa shape index (κ2) is 11.7. The lowest BCUT2D eigenvalue weighted by molar-refractivity contribution is 0.181. The minimum atomic E-state index is 0. The number of nitrogens with zero attached hydrogens (tertiary/aromatic N) is 3. The molecule has 1 unspecified atom stereocenters. The lowest BCUT2D eigenvalue weighted by atomic mass is 10.1. The molecule has 1 N–H and O–H groups in total. The van der Waals surface area contributed by atoms with Crippen LogP contribution < -0.4 is 5.32 Å². The first-order valence-electron chi connectivity index (χ1n) is 8.41. The summed E-state index contributed by atoms with van der Waals surface area (Å²) in [5.41, 5.74) is 1.35. The van der Waals surface area contributed by atoms with Crippen LogP contribution in [0.25, 0.3) is 0 Å². The van der Waals surface area contributed by atoms with E-state index in [0.29, 0.717) is 5.92 Å². The van der Waals surface area contributed by atoms with Gasteiger partial charge in [-0.15, -0.1) is 24.0 Å². The molecular formula is C18H31IN4O. The molecule has 1 aromatic carbocycles. The zero-order valence-corrected chi connectivity index (χ0v) is 17.4. The molecule has 0 radical (unpaired) electrons. The van der Waals surface area contributed by atoms with Gasteiger partial charge in [-0.05, 0) is 19.0 Å². The van der Waals surface area contributed by atoms with Gasteiger partial charge in [0.15, 0.2) is 5.96 Å². The van der Waals surface area contributed by atoms with Crippen LogP contribution in [0.2, 0.25) is 0 Å². The summed E-state index contributed by atoms with van der Waals surface area (Å²) in [5, 5.41) is 3.45. The normalized spacial score (nSPS) is 17.7. The molecule has 1 atom stereocenters. The van der Waals surface area contributed by atoms with Crippen LogP contribution in [0.1, 0.15) is 12.0 Å². The molecule has 1 heterocycles. The minimum Gasteiger partial charge on any atom is -0.381 e. The van der Waals surface area contributed by atoms with Crippen LogP contribution >= 0.6 is 24.0 Å². The summed E-state index contributed by atoms with van der Waals surface area (Å²) in [6, 6.07) is 10.6. The summed E-state index contributed by atoms with van der Waals surface area (Å²) in [6.45, 7) is 5.61. The monoisotopic (exact) mass is 446 g/mol. The maximum Gasteiger partial charge on any atom is 0.193 e. The van der Waals surface area contributed by atoms with Crippen LogP contribution in [0.5, 0.6) is 0 Å². The Labute approximate surface area is 163 Å². The van der Waals surface area contributed by atoms with Crippen molar-refractivity contribution in [2.45, 2.75) is 13.0 Å². The van der Waals surface area contributed by atoms with E-state index in [0.717, 1.165) is 51.8 Å². The average molecular weight is 446 g/mol. The Morgan fingerprint density at radius 3 is 2.67 bits per heavy atom. The van der Waals surface area contributed by atoms with E-state index in [9.17, 15) is 0 Å². The van der Waals surface area contributed by atoms with Crippen LogP contribution in [0.4, 0.5) is 0 Å². The van der Waals surface area contributed by atoms with Gasteiger partial charge in [-0.3, -0.25) is 4.99 Å². The van der Waals surface area contributed by atoms with Gasteiger partial charge >= 0.3 is 0 Å². The number of rotatable bonds is 7. The summed E-state index contributed by atoms with van der Waals surface area (Å²) in [4.78, 5) is 8.91. The number of hydrogen-bond donors (Lipinski definition) is 1. The van der Waals surface area contributed by atoms with Crippen LogP contribution in [-0.2, 0) is 11.3 Å². The topological polar surface area (TPSA) is 40.1 Å². The lowest BCUT2D eigenvalue weighted by Crippen LogP contribution is -2.43. The highest BCUT2D eigenvalue weighted by molar-refractivity contribution is 14.0. The Balaban J connectivity index is 0.00000288. The fourth-order valence-electron chi connectivity index (χ4n) is 2.92. The number of ether oxygens (including phenoxy) is 1. The van der Waals surface area contributed by atoms with E-state index in [2.05, 4.69) is 64.5 Å². The highest BCUT2D eigenvalue weighted by atomic mass is 127. The van der Waals surface area contributed by atoms with Gasteiger partial charge in [0.2, 0.25) is 0 Å². The summed E-state index contributed by atoms with van der Waals surface area (Å²) in [7, 11) is 6.09. The summed E-state index contributed by atoms with van der Waals surface area (Å²) >= 11 is 0. The van der Waals surface area contributed by atoms with Crippen molar-refractivity contribution in [2.24, 2.45) is 10.9 Å². The molecule has 6 heteroatoms. The van der Waals surface area contributed by atoms with Crippen LogP contribution in [0.15, 0.2) is 35.3 Å². The Bertz CT molecular complexity index is 477. The Hall–Kier alpha value is -0.860. The number of benzene rings is 1. The van der Waals surface area contributed by atoms with Crippen LogP contribution in [-0.4, -0.2) is 69.8 Å². The zero-order valence-electron chi connectivity index (χ0n) is 15.1. The number of nitrogens with one attached hydrogen (secondary N) is 1. The van der Waals surface area contributed by atoms with Gasteiger partial charge in [0.1, 0.15) is 0 Å². The Kier molecular flexibility index (Phi) is 10.3. The molecule has 1 aliphatic heterocycles. The third kappa shape index (κ3) is 7.36. The van der Waals surface area contributed by atoms with E-state index in [1.54, 1.807) is 0 Å². The Morgan fingerprint density at radius 2 is 2.04 bits per heavy atom. The first-order chi connectivity index (χ1) is 11.2. The second-order valence-electron chi connectivity index (χ2n) is 6.31. The van der Waals surface area contributed by atoms with E-state index in [4.69, 9.17) is 4.74 Å². The van der Waals surface area contributed by atoms with Crippen LogP contribution in [0, 0.1) is 5.92 Å². The van der Waals surface area contributed by atoms with Gasteiger partial charge in [-0.2, -0.15) is 0 Å². The first-order valence-corrected chi connectivity index (χ1v) is 8.41. The summed E-state index contributed by atoms with van der Waals surface area (Å²) < 4.78 is 5.45. The number of hydrogen-bond acceptors (Lipinski definition) is 3. The van der Waals surface area contributed by atoms with Crippen molar-refractivity contribution >= 4 is 29.9 Å². The van der Waals surface area contributed by atoms with E-state index >= 15 is 0 Å². The van der Waals surface area contributed by atoms with E-state index in [-0.39, 0.29) is 24.0 Å². The molecule has 1 aliphatic rings. The van der Waals surface area contributed by atoms with Crippen molar-refractivity contribution in [3.05, 3.63) is 35.9 Å². The molecule has 24 heavy (non-hydrogen) atoms. The molecule has 2 rings (SSSR count). The van der Waals surface area contributed by atoms with Crippen LogP contribution in [0.3, 0.4) is 0 Å². The van der Waals surface area contributed by atoms with E-state index < -0.39 is 0 Å². The second-order valence-corrected chi connectivity index (χ2v) is 6.31. The third-order valence-electron chi connectivity index (χ3n) is 4.20. The predicted octanol–water partition coefficient (Wildman–Crippen LogP) is 2.28. The highest BCUT2D eigenvalue weighted by Gasteiger charge is 2.18. The molecule has 0 aromatic heterocycles. The molecule has 0 spiro atoms. The highest BCUT2D eigenvalue weighted by Crippen LogP contribution is 2.13. The molecule has 0 aliphatic carbocycles. The average Bonchev–Trinajstić information content (AvgIpc) is 3.05. The minimum absolute atomic E-state index is 0. The molecule has 5 nitrogen and oxygen atoms in total. The number of likely N-dealkylation sites (N-methyl/N-ethyl adjacent to an activating group) is 1. The van der Waals surface area contributed by atoms with Gasteiger partial charge < -0.3 is 19.9 Å². The zero-order chi connectivity index (χ0) is 16.5. The standard InChI is InChI=1S/C18H30N4O.HI/c1-19-18(22(3)14-17-9-12-23-15-17)20-10-11-21(2)13-16-7-5-4-6-8-16;/h4-8,17H,9-15H2,1-3H3,(H,19,20);1H. The SMILES string of the molecule is CN=C(NCCN(C)Cc1ccccc1)N(C)CC1CCOC1.I. The molecular weight excluding hydrogens is 415 g/mol. The van der Waals surface area contributed by atoms with Gasteiger partial charge in [0.25, 0.3) is 0 Å². The molecule has 136 valence electrons. The number of aliphatic imine (C=N–C) groups is 1. The Morgan fingerprint density at radius 1 is 1.29 bits per heavy atom. The van der Waals surface area contributed by atoms with Crippen molar-refractivity contribution in [3.63, 3.8) is 0 Å². The van der Waals surface area contributed by atoms with Gasteiger partial charge in [0, 0.05) is 52.8 Å². The number of halogens is 1. The van der Waals surface area contributed by atoms with Crippen molar-refractivity contribution in [1.82, 2.24) is 15.1 Å². The summed E-state index contributed by atoms with van der Waals surface area (Å²) in [6.07, 6.45) is 1.15. The van der Waals surface area contributed by atoms with Crippen molar-refractivity contribution in [1.29, 1.82) is 0 Å². The fourth-order valence-corrected chi connectivity index (χ4v) is 2.92. The number of guanidine groups is 1. The maximum atomic E-state index is 5.45. The van der Waals surface area contributed by atoms with Crippen molar-refractivity contribution in [3.8, 4) is 0 Å². The molecule has 0 saturated carbocycles. The smallest absolute Gasteiger partial charge is 0.193 e. The molecule has 1 fully saturated rings. The summed E-state index contributed by atoms with van der Waals surface area (Å²) in [5.74, 6) is 1.59. The van der Waals surface area contributed by atoms with E-state index in [1.807, 2.05) is 7.05 Å². The molecule has 0 amide bonds. The third-order valence-corrected chi connectivity index (χ3v) is 4.20. The van der Waals surface area contributed by atoms with Crippen molar-refractivity contribution in [2.75, 3.05) is 54.0 Å². The van der Waals surface area contributed by atoms with E-state index in [1.165, 1.54) is 5.56 Å².